The van der Waals surface area contributed by atoms with Crippen molar-refractivity contribution in [3.8, 4) is 0 Å². The zero-order chi connectivity index (χ0) is 16.3. The molecule has 3 rings (SSSR count). The minimum Gasteiger partial charge on any atom is -0.387 e. The first-order valence-electron chi connectivity index (χ1n) is 7.75. The van der Waals surface area contributed by atoms with Gasteiger partial charge in [0.15, 0.2) is 5.60 Å². The van der Waals surface area contributed by atoms with Crippen molar-refractivity contribution in [3.05, 3.63) is 35.6 Å². The molecule has 1 saturated heterocycles. The molecule has 1 aromatic rings. The van der Waals surface area contributed by atoms with E-state index in [1.165, 1.54) is 24.3 Å². The van der Waals surface area contributed by atoms with Gasteiger partial charge < -0.3 is 20.6 Å². The molecule has 0 aliphatic carbocycles. The van der Waals surface area contributed by atoms with Crippen LogP contribution in [0.2, 0.25) is 0 Å². The molecule has 0 unspecified atom stereocenters. The monoisotopic (exact) mass is 321 g/mol. The quantitative estimate of drug-likeness (QED) is 0.768. The Morgan fingerprint density at radius 1 is 1.48 bits per heavy atom. The van der Waals surface area contributed by atoms with E-state index in [0.29, 0.717) is 24.2 Å². The number of halogens is 1. The highest BCUT2D eigenvalue weighted by Crippen LogP contribution is 2.30. The number of nitrogens with one attached hydrogen (secondary N) is 2. The van der Waals surface area contributed by atoms with Crippen molar-refractivity contribution in [1.82, 2.24) is 10.6 Å². The summed E-state index contributed by atoms with van der Waals surface area (Å²) in [7, 11) is 0. The Balaban J connectivity index is 1.51. The lowest BCUT2D eigenvalue weighted by molar-refractivity contribution is -0.115. The van der Waals surface area contributed by atoms with Gasteiger partial charge in [-0.1, -0.05) is 17.3 Å². The topological polar surface area (TPSA) is 83.0 Å². The van der Waals surface area contributed by atoms with Crippen LogP contribution in [-0.4, -0.2) is 42.0 Å². The lowest BCUT2D eigenvalue weighted by atomic mass is 9.89. The fourth-order valence-corrected chi connectivity index (χ4v) is 2.91. The molecule has 1 spiro atoms. The second-order valence-electron chi connectivity index (χ2n) is 6.05. The number of aliphatic hydroxyl groups excluding tert-OH is 1. The molecular formula is C16H20FN3O3. The van der Waals surface area contributed by atoms with Gasteiger partial charge in [0.05, 0.1) is 6.10 Å². The van der Waals surface area contributed by atoms with E-state index in [9.17, 15) is 14.3 Å². The van der Waals surface area contributed by atoms with Crippen LogP contribution in [0, 0.1) is 5.82 Å². The number of hydrogen-bond acceptors (Lipinski definition) is 5. The molecule has 1 aromatic carbocycles. The highest BCUT2D eigenvalue weighted by Gasteiger charge is 2.42. The molecule has 0 saturated carbocycles. The molecule has 1 amide bonds. The van der Waals surface area contributed by atoms with Crippen molar-refractivity contribution in [2.45, 2.75) is 31.0 Å². The number of oxime groups is 1. The molecule has 2 aliphatic heterocycles. The highest BCUT2D eigenvalue weighted by molar-refractivity contribution is 6.39. The molecule has 2 aliphatic rings. The van der Waals surface area contributed by atoms with Gasteiger partial charge >= 0.3 is 0 Å². The number of amides is 1. The number of carbonyl (C=O) groups is 1. The first-order valence-corrected chi connectivity index (χ1v) is 7.75. The SMILES string of the molecule is O=C(NC[C@@H](O)c1ccc(F)cc1)C1=NO[C@]2(CCCNC2)C1. The van der Waals surface area contributed by atoms with E-state index in [-0.39, 0.29) is 18.3 Å². The maximum absolute atomic E-state index is 12.9. The summed E-state index contributed by atoms with van der Waals surface area (Å²) in [5.41, 5.74) is 0.491. The average molecular weight is 321 g/mol. The molecule has 124 valence electrons. The molecule has 3 N–H and O–H groups in total. The minimum absolute atomic E-state index is 0.0364. The van der Waals surface area contributed by atoms with E-state index in [4.69, 9.17) is 4.84 Å². The third-order valence-corrected chi connectivity index (χ3v) is 4.25. The Kier molecular flexibility index (Phi) is 4.58. The second kappa shape index (κ2) is 6.64. The van der Waals surface area contributed by atoms with Crippen LogP contribution in [0.25, 0.3) is 0 Å². The molecule has 7 heteroatoms. The fourth-order valence-electron chi connectivity index (χ4n) is 2.91. The largest absolute Gasteiger partial charge is 0.387 e. The predicted molar refractivity (Wildman–Crippen MR) is 82.3 cm³/mol. The van der Waals surface area contributed by atoms with Crippen molar-refractivity contribution < 1.29 is 19.1 Å². The van der Waals surface area contributed by atoms with Crippen molar-refractivity contribution in [2.75, 3.05) is 19.6 Å². The van der Waals surface area contributed by atoms with Gasteiger partial charge in [-0.05, 0) is 37.1 Å². The molecule has 6 nitrogen and oxygen atoms in total. The minimum atomic E-state index is -0.896. The molecule has 0 aromatic heterocycles. The number of piperidine rings is 1. The van der Waals surface area contributed by atoms with Gasteiger partial charge in [0, 0.05) is 19.5 Å². The van der Waals surface area contributed by atoms with Crippen LogP contribution in [0.3, 0.4) is 0 Å². The van der Waals surface area contributed by atoms with Crippen molar-refractivity contribution in [1.29, 1.82) is 0 Å². The van der Waals surface area contributed by atoms with Gasteiger partial charge in [-0.2, -0.15) is 0 Å². The van der Waals surface area contributed by atoms with E-state index >= 15 is 0 Å². The third kappa shape index (κ3) is 3.68. The van der Waals surface area contributed by atoms with Gasteiger partial charge in [-0.25, -0.2) is 4.39 Å². The van der Waals surface area contributed by atoms with Gasteiger partial charge in [0.1, 0.15) is 11.5 Å². The first kappa shape index (κ1) is 15.9. The number of hydrogen-bond donors (Lipinski definition) is 3. The number of rotatable bonds is 4. The summed E-state index contributed by atoms with van der Waals surface area (Å²) >= 11 is 0. The van der Waals surface area contributed by atoms with Crippen molar-refractivity contribution in [2.24, 2.45) is 5.16 Å². The van der Waals surface area contributed by atoms with E-state index in [1.807, 2.05) is 0 Å². The molecule has 1 fully saturated rings. The first-order chi connectivity index (χ1) is 11.1. The van der Waals surface area contributed by atoms with Gasteiger partial charge in [0.25, 0.3) is 5.91 Å². The number of aliphatic hydroxyl groups is 1. The van der Waals surface area contributed by atoms with Crippen molar-refractivity contribution >= 4 is 11.6 Å². The third-order valence-electron chi connectivity index (χ3n) is 4.25. The normalized spacial score (nSPS) is 24.9. The number of benzene rings is 1. The molecular weight excluding hydrogens is 301 g/mol. The summed E-state index contributed by atoms with van der Waals surface area (Å²) in [5, 5.41) is 19.8. The maximum atomic E-state index is 12.9. The molecule has 0 radical (unpaired) electrons. The zero-order valence-electron chi connectivity index (χ0n) is 12.7. The second-order valence-corrected chi connectivity index (χ2v) is 6.05. The number of nitrogens with zero attached hydrogens (tertiary/aromatic N) is 1. The molecule has 2 atom stereocenters. The summed E-state index contributed by atoms with van der Waals surface area (Å²) in [6.45, 7) is 1.68. The van der Waals surface area contributed by atoms with Crippen LogP contribution < -0.4 is 10.6 Å². The summed E-state index contributed by atoms with van der Waals surface area (Å²) in [6.07, 6.45) is 1.44. The van der Waals surface area contributed by atoms with Crippen LogP contribution in [0.15, 0.2) is 29.4 Å². The Labute approximate surface area is 133 Å². The smallest absolute Gasteiger partial charge is 0.269 e. The standard InChI is InChI=1S/C16H20FN3O3/c17-12-4-2-11(3-5-12)14(21)9-19-15(22)13-8-16(23-20-13)6-1-7-18-10-16/h2-5,14,18,21H,1,6-10H2,(H,19,22)/t14-,16-/m1/s1. The maximum Gasteiger partial charge on any atom is 0.269 e. The van der Waals surface area contributed by atoms with Gasteiger partial charge in [0.2, 0.25) is 0 Å². The number of carbonyl (C=O) groups excluding carboxylic acids is 1. The van der Waals surface area contributed by atoms with Crippen LogP contribution >= 0.6 is 0 Å². The van der Waals surface area contributed by atoms with Gasteiger partial charge in [-0.15, -0.1) is 0 Å². The van der Waals surface area contributed by atoms with Crippen LogP contribution in [0.1, 0.15) is 30.9 Å². The zero-order valence-corrected chi connectivity index (χ0v) is 12.7. The van der Waals surface area contributed by atoms with Crippen LogP contribution in [0.4, 0.5) is 4.39 Å². The Bertz CT molecular complexity index is 597. The van der Waals surface area contributed by atoms with E-state index in [1.54, 1.807) is 0 Å². The lowest BCUT2D eigenvalue weighted by Crippen LogP contribution is -2.46. The summed E-state index contributed by atoms with van der Waals surface area (Å²) in [4.78, 5) is 17.6. The van der Waals surface area contributed by atoms with Crippen LogP contribution in [0.5, 0.6) is 0 Å². The molecule has 0 bridgehead atoms. The molecule has 23 heavy (non-hydrogen) atoms. The lowest BCUT2D eigenvalue weighted by Gasteiger charge is -2.30. The Hall–Kier alpha value is -1.99. The summed E-state index contributed by atoms with van der Waals surface area (Å²) in [5.74, 6) is -0.706. The van der Waals surface area contributed by atoms with Crippen LogP contribution in [-0.2, 0) is 9.63 Å². The van der Waals surface area contributed by atoms with Gasteiger partial charge in [-0.3, -0.25) is 4.79 Å². The molecule has 2 heterocycles. The average Bonchev–Trinajstić information content (AvgIpc) is 2.97. The predicted octanol–water partition coefficient (Wildman–Crippen LogP) is 0.874. The summed E-state index contributed by atoms with van der Waals surface area (Å²) in [6, 6.07) is 5.53. The van der Waals surface area contributed by atoms with E-state index < -0.39 is 11.7 Å². The van der Waals surface area contributed by atoms with E-state index in [2.05, 4.69) is 15.8 Å². The fraction of sp³-hybridized carbons (Fsp3) is 0.500. The summed E-state index contributed by atoms with van der Waals surface area (Å²) < 4.78 is 12.9. The Morgan fingerprint density at radius 3 is 2.96 bits per heavy atom. The van der Waals surface area contributed by atoms with E-state index in [0.717, 1.165) is 19.4 Å². The highest BCUT2D eigenvalue weighted by atomic mass is 19.1. The Morgan fingerprint density at radius 2 is 2.26 bits per heavy atom. The van der Waals surface area contributed by atoms with Crippen molar-refractivity contribution in [3.63, 3.8) is 0 Å².